The molecule has 0 unspecified atom stereocenters. The predicted molar refractivity (Wildman–Crippen MR) is 109 cm³/mol. The lowest BCUT2D eigenvalue weighted by Gasteiger charge is -2.10. The van der Waals surface area contributed by atoms with E-state index in [0.717, 1.165) is 16.9 Å². The Bertz CT molecular complexity index is 845. The molecule has 0 aliphatic rings. The minimum Gasteiger partial charge on any atom is -0.497 e. The molecule has 0 radical (unpaired) electrons. The van der Waals surface area contributed by atoms with Gasteiger partial charge in [-0.05, 0) is 47.9 Å². The van der Waals surface area contributed by atoms with E-state index in [2.05, 4.69) is 5.32 Å². The second kappa shape index (κ2) is 11.4. The summed E-state index contributed by atoms with van der Waals surface area (Å²) in [6.45, 7) is 0.0747. The van der Waals surface area contributed by atoms with Gasteiger partial charge in [0.05, 0.1) is 21.3 Å². The topological polar surface area (TPSA) is 83.1 Å². The van der Waals surface area contributed by atoms with Crippen molar-refractivity contribution in [1.82, 2.24) is 5.32 Å². The van der Waals surface area contributed by atoms with Gasteiger partial charge in [-0.2, -0.15) is 0 Å². The summed E-state index contributed by atoms with van der Waals surface area (Å²) in [5.74, 6) is 1.06. The lowest BCUT2D eigenvalue weighted by molar-refractivity contribution is -0.143. The van der Waals surface area contributed by atoms with Crippen molar-refractivity contribution in [2.45, 2.75) is 6.42 Å². The molecule has 1 amide bonds. The zero-order valence-corrected chi connectivity index (χ0v) is 16.8. The number of nitrogens with one attached hydrogen (secondary N) is 1. The molecule has 7 nitrogen and oxygen atoms in total. The maximum atomic E-state index is 11.8. The van der Waals surface area contributed by atoms with Gasteiger partial charge in [-0.15, -0.1) is 0 Å². The summed E-state index contributed by atoms with van der Waals surface area (Å²) in [5.41, 5.74) is 1.81. The first-order valence-corrected chi connectivity index (χ1v) is 9.02. The highest BCUT2D eigenvalue weighted by Gasteiger charge is 2.07. The highest BCUT2D eigenvalue weighted by Crippen LogP contribution is 2.27. The molecule has 0 fully saturated rings. The van der Waals surface area contributed by atoms with Crippen LogP contribution in [0, 0.1) is 0 Å². The SMILES string of the molecule is COc1ccc(C=CC(=O)OCC(=O)NCCc2ccc(OC)c(OC)c2)cc1. The molecule has 2 aromatic rings. The second-order valence-corrected chi connectivity index (χ2v) is 6.00. The molecular weight excluding hydrogens is 374 g/mol. The van der Waals surface area contributed by atoms with Crippen molar-refractivity contribution in [1.29, 1.82) is 0 Å². The van der Waals surface area contributed by atoms with Crippen molar-refractivity contribution in [2.75, 3.05) is 34.5 Å². The molecule has 0 spiro atoms. The van der Waals surface area contributed by atoms with E-state index in [0.29, 0.717) is 24.5 Å². The van der Waals surface area contributed by atoms with E-state index in [1.807, 2.05) is 30.3 Å². The highest BCUT2D eigenvalue weighted by atomic mass is 16.5. The van der Waals surface area contributed by atoms with Crippen LogP contribution in [-0.2, 0) is 20.7 Å². The van der Waals surface area contributed by atoms with Gasteiger partial charge in [-0.1, -0.05) is 18.2 Å². The molecule has 0 heterocycles. The van der Waals surface area contributed by atoms with Crippen molar-refractivity contribution in [3.05, 3.63) is 59.7 Å². The summed E-state index contributed by atoms with van der Waals surface area (Å²) >= 11 is 0. The van der Waals surface area contributed by atoms with Gasteiger partial charge in [0.25, 0.3) is 5.91 Å². The Kier molecular flexibility index (Phi) is 8.56. The molecule has 0 aliphatic carbocycles. The van der Waals surface area contributed by atoms with E-state index in [9.17, 15) is 9.59 Å². The van der Waals surface area contributed by atoms with Crippen LogP contribution in [0.3, 0.4) is 0 Å². The third-order valence-electron chi connectivity index (χ3n) is 4.06. The second-order valence-electron chi connectivity index (χ2n) is 6.00. The zero-order valence-electron chi connectivity index (χ0n) is 16.8. The van der Waals surface area contributed by atoms with Crippen LogP contribution in [0.2, 0.25) is 0 Å². The van der Waals surface area contributed by atoms with Gasteiger partial charge in [0, 0.05) is 12.6 Å². The Labute approximate surface area is 170 Å². The van der Waals surface area contributed by atoms with E-state index >= 15 is 0 Å². The number of methoxy groups -OCH3 is 3. The average molecular weight is 399 g/mol. The van der Waals surface area contributed by atoms with Gasteiger partial charge in [-0.3, -0.25) is 4.79 Å². The summed E-state index contributed by atoms with van der Waals surface area (Å²) in [5, 5.41) is 2.71. The maximum absolute atomic E-state index is 11.8. The van der Waals surface area contributed by atoms with Crippen molar-refractivity contribution < 1.29 is 28.5 Å². The molecule has 0 aromatic heterocycles. The van der Waals surface area contributed by atoms with Crippen LogP contribution in [0.1, 0.15) is 11.1 Å². The summed E-state index contributed by atoms with van der Waals surface area (Å²) in [7, 11) is 4.73. The van der Waals surface area contributed by atoms with Gasteiger partial charge in [0.1, 0.15) is 5.75 Å². The summed E-state index contributed by atoms with van der Waals surface area (Å²) in [6.07, 6.45) is 3.49. The molecule has 2 aromatic carbocycles. The maximum Gasteiger partial charge on any atom is 0.331 e. The fourth-order valence-electron chi connectivity index (χ4n) is 2.50. The lowest BCUT2D eigenvalue weighted by atomic mass is 10.1. The van der Waals surface area contributed by atoms with Gasteiger partial charge >= 0.3 is 5.97 Å². The number of esters is 1. The van der Waals surface area contributed by atoms with Crippen LogP contribution < -0.4 is 19.5 Å². The van der Waals surface area contributed by atoms with Crippen LogP contribution in [-0.4, -0.2) is 46.4 Å². The van der Waals surface area contributed by atoms with E-state index in [1.165, 1.54) is 6.08 Å². The molecule has 0 atom stereocenters. The third-order valence-corrected chi connectivity index (χ3v) is 4.06. The summed E-state index contributed by atoms with van der Waals surface area (Å²) in [6, 6.07) is 12.8. The van der Waals surface area contributed by atoms with Gasteiger partial charge < -0.3 is 24.3 Å². The standard InChI is InChI=1S/C22H25NO6/c1-26-18-8-4-16(5-9-18)7-11-22(25)29-15-21(24)23-13-12-17-6-10-19(27-2)20(14-17)28-3/h4-11,14H,12-13,15H2,1-3H3,(H,23,24). The number of carbonyl (C=O) groups is 2. The van der Waals surface area contributed by atoms with Crippen LogP contribution in [0.25, 0.3) is 6.08 Å². The average Bonchev–Trinajstić information content (AvgIpc) is 2.76. The van der Waals surface area contributed by atoms with Crippen LogP contribution >= 0.6 is 0 Å². The minimum absolute atomic E-state index is 0.336. The molecule has 0 bridgehead atoms. The Hall–Kier alpha value is -3.48. The monoisotopic (exact) mass is 399 g/mol. The van der Waals surface area contributed by atoms with E-state index in [-0.39, 0.29) is 12.5 Å². The van der Waals surface area contributed by atoms with Gasteiger partial charge in [0.2, 0.25) is 0 Å². The van der Waals surface area contributed by atoms with Crippen molar-refractivity contribution in [3.8, 4) is 17.2 Å². The Morgan fingerprint density at radius 1 is 0.931 bits per heavy atom. The Morgan fingerprint density at radius 2 is 1.66 bits per heavy atom. The smallest absolute Gasteiger partial charge is 0.331 e. The predicted octanol–water partition coefficient (Wildman–Crippen LogP) is 2.63. The first-order chi connectivity index (χ1) is 14.0. The quantitative estimate of drug-likeness (QED) is 0.489. The molecule has 1 N–H and O–H groups in total. The molecule has 0 aliphatic heterocycles. The number of amides is 1. The lowest BCUT2D eigenvalue weighted by Crippen LogP contribution is -2.30. The fraction of sp³-hybridized carbons (Fsp3) is 0.273. The Morgan fingerprint density at radius 3 is 2.31 bits per heavy atom. The summed E-state index contributed by atoms with van der Waals surface area (Å²) in [4.78, 5) is 23.6. The van der Waals surface area contributed by atoms with Gasteiger partial charge in [0.15, 0.2) is 18.1 Å². The Balaban J connectivity index is 1.71. The fourth-order valence-corrected chi connectivity index (χ4v) is 2.50. The van der Waals surface area contributed by atoms with Crippen LogP contribution in [0.4, 0.5) is 0 Å². The summed E-state index contributed by atoms with van der Waals surface area (Å²) < 4.78 is 20.5. The number of carbonyl (C=O) groups excluding carboxylic acids is 2. The molecule has 29 heavy (non-hydrogen) atoms. The largest absolute Gasteiger partial charge is 0.497 e. The molecule has 0 saturated carbocycles. The molecule has 0 saturated heterocycles. The number of rotatable bonds is 10. The van der Waals surface area contributed by atoms with Gasteiger partial charge in [-0.25, -0.2) is 4.79 Å². The van der Waals surface area contributed by atoms with Crippen LogP contribution in [0.15, 0.2) is 48.5 Å². The first kappa shape index (κ1) is 21.8. The minimum atomic E-state index is -0.587. The van der Waals surface area contributed by atoms with E-state index in [4.69, 9.17) is 18.9 Å². The molecule has 154 valence electrons. The number of benzene rings is 2. The van der Waals surface area contributed by atoms with E-state index in [1.54, 1.807) is 39.5 Å². The number of ether oxygens (including phenoxy) is 4. The molecular formula is C22H25NO6. The van der Waals surface area contributed by atoms with Crippen molar-refractivity contribution in [3.63, 3.8) is 0 Å². The van der Waals surface area contributed by atoms with E-state index < -0.39 is 5.97 Å². The molecule has 2 rings (SSSR count). The number of hydrogen-bond acceptors (Lipinski definition) is 6. The first-order valence-electron chi connectivity index (χ1n) is 9.02. The normalized spacial score (nSPS) is 10.4. The van der Waals surface area contributed by atoms with Crippen molar-refractivity contribution >= 4 is 18.0 Å². The highest BCUT2D eigenvalue weighted by molar-refractivity contribution is 5.89. The zero-order chi connectivity index (χ0) is 21.1. The van der Waals surface area contributed by atoms with Crippen LogP contribution in [0.5, 0.6) is 17.2 Å². The van der Waals surface area contributed by atoms with Crippen molar-refractivity contribution in [2.24, 2.45) is 0 Å². The number of hydrogen-bond donors (Lipinski definition) is 1. The third kappa shape index (κ3) is 7.21. The molecule has 7 heteroatoms.